The number of thiophene rings is 1. The molecule has 0 aliphatic carbocycles. The number of pyridine rings is 1. The highest BCUT2D eigenvalue weighted by Gasteiger charge is 2.17. The van der Waals surface area contributed by atoms with Gasteiger partial charge < -0.3 is 5.32 Å². The first kappa shape index (κ1) is 18.2. The van der Waals surface area contributed by atoms with Crippen LogP contribution in [-0.2, 0) is 6.54 Å². The van der Waals surface area contributed by atoms with Crippen molar-refractivity contribution in [1.82, 2.24) is 14.8 Å². The minimum Gasteiger partial charge on any atom is -0.322 e. The maximum Gasteiger partial charge on any atom is 0.256 e. The van der Waals surface area contributed by atoms with Crippen LogP contribution in [0.15, 0.2) is 48.0 Å². The summed E-state index contributed by atoms with van der Waals surface area (Å²) >= 11 is 7.60. The van der Waals surface area contributed by atoms with Gasteiger partial charge in [0.25, 0.3) is 5.91 Å². The van der Waals surface area contributed by atoms with Gasteiger partial charge in [0.05, 0.1) is 34.3 Å². The predicted molar refractivity (Wildman–Crippen MR) is 110 cm³/mol. The molecule has 0 fully saturated rings. The van der Waals surface area contributed by atoms with Gasteiger partial charge in [0.1, 0.15) is 6.07 Å². The molecule has 8 heteroatoms. The number of rotatable bonds is 4. The fourth-order valence-corrected chi connectivity index (χ4v) is 3.76. The first-order valence-electron chi connectivity index (χ1n) is 8.41. The Morgan fingerprint density at radius 2 is 2.21 bits per heavy atom. The topological polar surface area (TPSA) is 83.6 Å². The van der Waals surface area contributed by atoms with E-state index < -0.39 is 0 Å². The van der Waals surface area contributed by atoms with Crippen LogP contribution in [0.4, 0.5) is 5.69 Å². The van der Waals surface area contributed by atoms with Crippen LogP contribution >= 0.6 is 22.9 Å². The lowest BCUT2D eigenvalue weighted by Crippen LogP contribution is -2.13. The van der Waals surface area contributed by atoms with Gasteiger partial charge in [-0.3, -0.25) is 4.79 Å². The standard InChI is InChI=1S/C20H14ClN5OS/c1-12-7-16(20(27)25-14-4-5-18(21)13(8-14)9-22)17-10-23-26(19(17)24-12)11-15-3-2-6-28-15/h2-8,10H,11H2,1H3,(H,25,27). The number of hydrogen-bond acceptors (Lipinski definition) is 5. The molecule has 3 heterocycles. The molecule has 0 aliphatic heterocycles. The van der Waals surface area contributed by atoms with Crippen molar-refractivity contribution in [1.29, 1.82) is 5.26 Å². The third kappa shape index (κ3) is 3.48. The van der Waals surface area contributed by atoms with E-state index >= 15 is 0 Å². The molecule has 0 spiro atoms. The summed E-state index contributed by atoms with van der Waals surface area (Å²) in [7, 11) is 0. The SMILES string of the molecule is Cc1cc(C(=O)Nc2ccc(Cl)c(C#N)c2)c2cnn(Cc3cccs3)c2n1. The largest absolute Gasteiger partial charge is 0.322 e. The zero-order chi connectivity index (χ0) is 19.7. The van der Waals surface area contributed by atoms with Crippen LogP contribution < -0.4 is 5.32 Å². The number of carbonyl (C=O) groups excluding carboxylic acids is 1. The molecule has 4 aromatic rings. The Kier molecular flexibility index (Phi) is 4.82. The molecular formula is C20H14ClN5OS. The van der Waals surface area contributed by atoms with Crippen molar-refractivity contribution >= 4 is 45.6 Å². The number of halogens is 1. The molecule has 1 amide bonds. The molecule has 1 aromatic carbocycles. The zero-order valence-electron chi connectivity index (χ0n) is 14.8. The van der Waals surface area contributed by atoms with Crippen LogP contribution in [0.3, 0.4) is 0 Å². The minimum atomic E-state index is -0.294. The molecule has 0 aliphatic rings. The zero-order valence-corrected chi connectivity index (χ0v) is 16.4. The number of aryl methyl sites for hydroxylation is 1. The van der Waals surface area contributed by atoms with Crippen LogP contribution in [0.5, 0.6) is 0 Å². The third-order valence-electron chi connectivity index (χ3n) is 4.21. The number of anilines is 1. The molecule has 3 aromatic heterocycles. The molecule has 0 unspecified atom stereocenters. The molecule has 0 radical (unpaired) electrons. The maximum atomic E-state index is 12.9. The minimum absolute atomic E-state index is 0.294. The van der Waals surface area contributed by atoms with Crippen LogP contribution in [0.25, 0.3) is 11.0 Å². The van der Waals surface area contributed by atoms with Crippen LogP contribution in [0.2, 0.25) is 5.02 Å². The van der Waals surface area contributed by atoms with E-state index in [0.717, 1.165) is 10.6 Å². The normalized spacial score (nSPS) is 10.8. The van der Waals surface area contributed by atoms with Crippen molar-refractivity contribution in [2.45, 2.75) is 13.5 Å². The Hall–Kier alpha value is -3.21. The number of fused-ring (bicyclic) bond motifs is 1. The predicted octanol–water partition coefficient (Wildman–Crippen LogP) is 4.63. The van der Waals surface area contributed by atoms with Gasteiger partial charge in [-0.25, -0.2) is 9.67 Å². The number of benzene rings is 1. The lowest BCUT2D eigenvalue weighted by molar-refractivity contribution is 0.102. The molecule has 1 N–H and O–H groups in total. The second kappa shape index (κ2) is 7.43. The van der Waals surface area contributed by atoms with Crippen molar-refractivity contribution in [2.24, 2.45) is 0 Å². The van der Waals surface area contributed by atoms with E-state index in [9.17, 15) is 4.79 Å². The van der Waals surface area contributed by atoms with Crippen molar-refractivity contribution in [2.75, 3.05) is 5.32 Å². The maximum absolute atomic E-state index is 12.9. The average molecular weight is 408 g/mol. The number of nitrogens with zero attached hydrogens (tertiary/aromatic N) is 4. The highest BCUT2D eigenvalue weighted by atomic mass is 35.5. The Bertz CT molecular complexity index is 1220. The molecule has 28 heavy (non-hydrogen) atoms. The summed E-state index contributed by atoms with van der Waals surface area (Å²) in [5, 5.41) is 19.4. The first-order chi connectivity index (χ1) is 13.5. The number of aromatic nitrogens is 3. The average Bonchev–Trinajstić information content (AvgIpc) is 3.33. The third-order valence-corrected chi connectivity index (χ3v) is 5.40. The monoisotopic (exact) mass is 407 g/mol. The highest BCUT2D eigenvalue weighted by molar-refractivity contribution is 7.09. The van der Waals surface area contributed by atoms with Gasteiger partial charge in [0, 0.05) is 16.3 Å². The van der Waals surface area contributed by atoms with Crippen molar-refractivity contribution in [3.63, 3.8) is 0 Å². The molecule has 138 valence electrons. The Morgan fingerprint density at radius 3 is 2.96 bits per heavy atom. The fourth-order valence-electron chi connectivity index (χ4n) is 2.91. The van der Waals surface area contributed by atoms with E-state index in [1.807, 2.05) is 30.5 Å². The Labute approximate surface area is 170 Å². The molecule has 0 atom stereocenters. The van der Waals surface area contributed by atoms with Crippen LogP contribution in [-0.4, -0.2) is 20.7 Å². The number of amides is 1. The lowest BCUT2D eigenvalue weighted by atomic mass is 10.1. The van der Waals surface area contributed by atoms with Gasteiger partial charge >= 0.3 is 0 Å². The van der Waals surface area contributed by atoms with Gasteiger partial charge in [-0.1, -0.05) is 17.7 Å². The van der Waals surface area contributed by atoms with Gasteiger partial charge in [0.2, 0.25) is 0 Å². The second-order valence-corrected chi connectivity index (χ2v) is 7.63. The Balaban J connectivity index is 1.69. The summed E-state index contributed by atoms with van der Waals surface area (Å²) in [6, 6.07) is 12.6. The van der Waals surface area contributed by atoms with Gasteiger partial charge in [-0.05, 0) is 42.6 Å². The molecule has 6 nitrogen and oxygen atoms in total. The lowest BCUT2D eigenvalue weighted by Gasteiger charge is -2.09. The van der Waals surface area contributed by atoms with Crippen molar-refractivity contribution in [3.05, 3.63) is 74.7 Å². The van der Waals surface area contributed by atoms with E-state index in [4.69, 9.17) is 16.9 Å². The van der Waals surface area contributed by atoms with E-state index in [1.165, 1.54) is 0 Å². The summed E-state index contributed by atoms with van der Waals surface area (Å²) < 4.78 is 1.79. The summed E-state index contributed by atoms with van der Waals surface area (Å²) in [5.41, 5.74) is 2.67. The molecule has 4 rings (SSSR count). The van der Waals surface area contributed by atoms with Gasteiger partial charge in [-0.15, -0.1) is 11.3 Å². The first-order valence-corrected chi connectivity index (χ1v) is 9.67. The fraction of sp³-hybridized carbons (Fsp3) is 0.100. The van der Waals surface area contributed by atoms with E-state index in [2.05, 4.69) is 15.4 Å². The van der Waals surface area contributed by atoms with E-state index in [-0.39, 0.29) is 5.91 Å². The number of nitrogens with one attached hydrogen (secondary N) is 1. The summed E-state index contributed by atoms with van der Waals surface area (Å²) in [6.45, 7) is 2.44. The van der Waals surface area contributed by atoms with Gasteiger partial charge in [0.15, 0.2) is 5.65 Å². The second-order valence-electron chi connectivity index (χ2n) is 6.19. The van der Waals surface area contributed by atoms with Gasteiger partial charge in [-0.2, -0.15) is 10.4 Å². The van der Waals surface area contributed by atoms with E-state index in [0.29, 0.717) is 39.4 Å². The number of nitriles is 1. The molecule has 0 bridgehead atoms. The van der Waals surface area contributed by atoms with Crippen LogP contribution in [0.1, 0.15) is 26.5 Å². The summed E-state index contributed by atoms with van der Waals surface area (Å²) in [5.74, 6) is -0.294. The van der Waals surface area contributed by atoms with E-state index in [1.54, 1.807) is 46.5 Å². The molecular weight excluding hydrogens is 394 g/mol. The number of carbonyl (C=O) groups is 1. The molecule has 0 saturated heterocycles. The highest BCUT2D eigenvalue weighted by Crippen LogP contribution is 2.23. The smallest absolute Gasteiger partial charge is 0.256 e. The molecule has 0 saturated carbocycles. The number of hydrogen-bond donors (Lipinski definition) is 1. The van der Waals surface area contributed by atoms with Crippen molar-refractivity contribution < 1.29 is 4.79 Å². The summed E-state index contributed by atoms with van der Waals surface area (Å²) in [6.07, 6.45) is 1.66. The Morgan fingerprint density at radius 1 is 1.36 bits per heavy atom. The summed E-state index contributed by atoms with van der Waals surface area (Å²) in [4.78, 5) is 18.6. The van der Waals surface area contributed by atoms with Crippen molar-refractivity contribution in [3.8, 4) is 6.07 Å². The quantitative estimate of drug-likeness (QED) is 0.534. The van der Waals surface area contributed by atoms with Crippen LogP contribution in [0, 0.1) is 18.3 Å².